The lowest BCUT2D eigenvalue weighted by molar-refractivity contribution is -0.154. The van der Waals surface area contributed by atoms with E-state index in [0.717, 1.165) is 11.8 Å². The lowest BCUT2D eigenvalue weighted by Crippen LogP contribution is -2.22. The maximum Gasteiger partial charge on any atom is 0.339 e. The van der Waals surface area contributed by atoms with Crippen molar-refractivity contribution in [1.82, 2.24) is 0 Å². The van der Waals surface area contributed by atoms with Gasteiger partial charge in [-0.3, -0.25) is 4.79 Å². The van der Waals surface area contributed by atoms with Gasteiger partial charge in [-0.05, 0) is 30.5 Å². The van der Waals surface area contributed by atoms with Gasteiger partial charge in [0.15, 0.2) is 21.7 Å². The van der Waals surface area contributed by atoms with E-state index in [2.05, 4.69) is 0 Å². The lowest BCUT2D eigenvalue weighted by Gasteiger charge is -2.21. The highest BCUT2D eigenvalue weighted by atomic mass is 32.2. The van der Waals surface area contributed by atoms with Crippen molar-refractivity contribution < 1.29 is 27.5 Å². The fourth-order valence-electron chi connectivity index (χ4n) is 3.06. The molecule has 0 aliphatic heterocycles. The molecule has 0 aliphatic carbocycles. The summed E-state index contributed by atoms with van der Waals surface area (Å²) in [5, 5.41) is 0. The van der Waals surface area contributed by atoms with E-state index >= 15 is 0 Å². The minimum atomic E-state index is -3.46. The van der Waals surface area contributed by atoms with Crippen molar-refractivity contribution in [3.63, 3.8) is 0 Å². The van der Waals surface area contributed by atoms with Crippen molar-refractivity contribution >= 4 is 21.6 Å². The second-order valence-corrected chi connectivity index (χ2v) is 8.65. The summed E-state index contributed by atoms with van der Waals surface area (Å²) in [4.78, 5) is 25.8. The SMILES string of the molecule is CCCOC(C(=O)OC)c1c(CC)cccc1C(=O)c1cccc(S(C)(=O)=O)c1. The summed E-state index contributed by atoms with van der Waals surface area (Å²) in [6.07, 6.45) is 1.34. The van der Waals surface area contributed by atoms with Gasteiger partial charge < -0.3 is 9.47 Å². The zero-order valence-corrected chi connectivity index (χ0v) is 17.9. The van der Waals surface area contributed by atoms with Crippen LogP contribution in [0.1, 0.15) is 53.4 Å². The van der Waals surface area contributed by atoms with Crippen LogP contribution < -0.4 is 0 Å². The van der Waals surface area contributed by atoms with Crippen molar-refractivity contribution in [2.45, 2.75) is 37.7 Å². The molecule has 0 radical (unpaired) electrons. The molecule has 2 rings (SSSR count). The Morgan fingerprint density at radius 3 is 2.34 bits per heavy atom. The molecule has 0 aromatic heterocycles. The van der Waals surface area contributed by atoms with Gasteiger partial charge in [-0.15, -0.1) is 0 Å². The molecule has 0 fully saturated rings. The number of hydrogen-bond donors (Lipinski definition) is 0. The second kappa shape index (κ2) is 9.80. The van der Waals surface area contributed by atoms with E-state index in [-0.39, 0.29) is 16.2 Å². The van der Waals surface area contributed by atoms with Crippen molar-refractivity contribution in [3.8, 4) is 0 Å². The summed E-state index contributed by atoms with van der Waals surface area (Å²) in [7, 11) is -2.19. The van der Waals surface area contributed by atoms with E-state index in [4.69, 9.17) is 9.47 Å². The number of esters is 1. The van der Waals surface area contributed by atoms with Crippen LogP contribution in [0.15, 0.2) is 47.4 Å². The monoisotopic (exact) mass is 418 g/mol. The van der Waals surface area contributed by atoms with Crippen LogP contribution in [0, 0.1) is 0 Å². The molecule has 0 amide bonds. The van der Waals surface area contributed by atoms with Crippen LogP contribution in [0.2, 0.25) is 0 Å². The molecule has 29 heavy (non-hydrogen) atoms. The van der Waals surface area contributed by atoms with Crippen LogP contribution in [-0.2, 0) is 30.5 Å². The highest BCUT2D eigenvalue weighted by molar-refractivity contribution is 7.90. The molecule has 0 spiro atoms. The Hall–Kier alpha value is -2.51. The van der Waals surface area contributed by atoms with Crippen LogP contribution in [0.5, 0.6) is 0 Å². The Morgan fingerprint density at radius 2 is 1.76 bits per heavy atom. The average molecular weight is 419 g/mol. The molecule has 0 bridgehead atoms. The molecule has 6 nitrogen and oxygen atoms in total. The quantitative estimate of drug-likeness (QED) is 0.457. The number of benzene rings is 2. The predicted octanol–water partition coefficient (Wildman–Crippen LogP) is 3.52. The van der Waals surface area contributed by atoms with Gasteiger partial charge in [0, 0.05) is 29.6 Å². The molecule has 1 unspecified atom stereocenters. The summed E-state index contributed by atoms with van der Waals surface area (Å²) in [6.45, 7) is 4.17. The Morgan fingerprint density at radius 1 is 1.07 bits per heavy atom. The molecule has 156 valence electrons. The van der Waals surface area contributed by atoms with Gasteiger partial charge in [-0.25, -0.2) is 13.2 Å². The smallest absolute Gasteiger partial charge is 0.339 e. The molecular weight excluding hydrogens is 392 g/mol. The second-order valence-electron chi connectivity index (χ2n) is 6.64. The van der Waals surface area contributed by atoms with Gasteiger partial charge in [0.25, 0.3) is 0 Å². The van der Waals surface area contributed by atoms with E-state index in [1.54, 1.807) is 18.2 Å². The normalized spacial score (nSPS) is 12.4. The summed E-state index contributed by atoms with van der Waals surface area (Å²) < 4.78 is 34.4. The number of carbonyl (C=O) groups excluding carboxylic acids is 2. The number of ketones is 1. The standard InChI is InChI=1S/C22H26O6S/c1-5-13-28-21(22(24)27-3)19-15(6-2)9-8-12-18(19)20(23)16-10-7-11-17(14-16)29(4,25)26/h7-12,14,21H,5-6,13H2,1-4H3. The van der Waals surface area contributed by atoms with Gasteiger partial charge in [-0.1, -0.05) is 44.2 Å². The molecule has 0 aliphatic rings. The van der Waals surface area contributed by atoms with Gasteiger partial charge in [0.1, 0.15) is 0 Å². The zero-order chi connectivity index (χ0) is 21.6. The van der Waals surface area contributed by atoms with Gasteiger partial charge in [0.2, 0.25) is 0 Å². The van der Waals surface area contributed by atoms with Crippen LogP contribution in [0.25, 0.3) is 0 Å². The maximum absolute atomic E-state index is 13.3. The third-order valence-corrected chi connectivity index (χ3v) is 5.62. The molecule has 0 saturated heterocycles. The topological polar surface area (TPSA) is 86.7 Å². The first-order valence-corrected chi connectivity index (χ1v) is 11.3. The van der Waals surface area contributed by atoms with Gasteiger partial charge >= 0.3 is 5.97 Å². The lowest BCUT2D eigenvalue weighted by atomic mass is 9.90. The Bertz CT molecular complexity index is 994. The number of ether oxygens (including phenoxy) is 2. The first kappa shape index (κ1) is 22.8. The molecule has 2 aromatic rings. The molecule has 1 atom stereocenters. The Labute approximate surface area is 171 Å². The minimum Gasteiger partial charge on any atom is -0.467 e. The largest absolute Gasteiger partial charge is 0.467 e. The molecular formula is C22H26O6S. The van der Waals surface area contributed by atoms with Crippen LogP contribution in [0.3, 0.4) is 0 Å². The van der Waals surface area contributed by atoms with Crippen molar-refractivity contribution in [1.29, 1.82) is 0 Å². The highest BCUT2D eigenvalue weighted by Crippen LogP contribution is 2.30. The first-order chi connectivity index (χ1) is 13.7. The van der Waals surface area contributed by atoms with Crippen molar-refractivity contribution in [3.05, 3.63) is 64.7 Å². The number of carbonyl (C=O) groups is 2. The first-order valence-electron chi connectivity index (χ1n) is 9.40. The fraction of sp³-hybridized carbons (Fsp3) is 0.364. The van der Waals surface area contributed by atoms with E-state index in [1.165, 1.54) is 25.3 Å². The maximum atomic E-state index is 13.3. The van der Waals surface area contributed by atoms with E-state index in [0.29, 0.717) is 30.6 Å². The minimum absolute atomic E-state index is 0.0586. The molecule has 0 heterocycles. The van der Waals surface area contributed by atoms with Crippen LogP contribution >= 0.6 is 0 Å². The number of aryl methyl sites for hydroxylation is 1. The molecule has 2 aromatic carbocycles. The molecule has 0 N–H and O–H groups in total. The van der Waals surface area contributed by atoms with Crippen LogP contribution in [0.4, 0.5) is 0 Å². The van der Waals surface area contributed by atoms with E-state index in [9.17, 15) is 18.0 Å². The summed E-state index contributed by atoms with van der Waals surface area (Å²) in [6, 6.07) is 11.1. The van der Waals surface area contributed by atoms with Gasteiger partial charge in [0.05, 0.1) is 12.0 Å². The van der Waals surface area contributed by atoms with E-state index in [1.807, 2.05) is 19.9 Å². The predicted molar refractivity (Wildman–Crippen MR) is 110 cm³/mol. The van der Waals surface area contributed by atoms with Crippen molar-refractivity contribution in [2.24, 2.45) is 0 Å². The number of sulfone groups is 1. The highest BCUT2D eigenvalue weighted by Gasteiger charge is 2.30. The van der Waals surface area contributed by atoms with Crippen LogP contribution in [-0.4, -0.2) is 40.1 Å². The number of rotatable bonds is 9. The third kappa shape index (κ3) is 5.31. The molecule has 7 heteroatoms. The summed E-state index contributed by atoms with van der Waals surface area (Å²) in [5.74, 6) is -0.965. The zero-order valence-electron chi connectivity index (χ0n) is 17.1. The molecule has 0 saturated carbocycles. The number of methoxy groups -OCH3 is 1. The van der Waals surface area contributed by atoms with Gasteiger partial charge in [-0.2, -0.15) is 0 Å². The number of hydrogen-bond acceptors (Lipinski definition) is 6. The fourth-order valence-corrected chi connectivity index (χ4v) is 3.73. The average Bonchev–Trinajstić information content (AvgIpc) is 2.72. The third-order valence-electron chi connectivity index (χ3n) is 4.51. The Balaban J connectivity index is 2.64. The Kier molecular flexibility index (Phi) is 7.70. The van der Waals surface area contributed by atoms with E-state index < -0.39 is 21.9 Å². The summed E-state index contributed by atoms with van der Waals surface area (Å²) in [5.41, 5.74) is 1.77. The summed E-state index contributed by atoms with van der Waals surface area (Å²) >= 11 is 0. The van der Waals surface area contributed by atoms with Crippen molar-refractivity contribution in [2.75, 3.05) is 20.0 Å².